The summed E-state index contributed by atoms with van der Waals surface area (Å²) in [4.78, 5) is 16.6. The molecule has 1 spiro atoms. The van der Waals surface area contributed by atoms with Crippen molar-refractivity contribution in [1.82, 2.24) is 14.2 Å². The quantitative estimate of drug-likeness (QED) is 0.812. The van der Waals surface area contributed by atoms with Gasteiger partial charge in [0.15, 0.2) is 5.72 Å². The minimum absolute atomic E-state index is 0.222. The second kappa shape index (κ2) is 4.26. The lowest BCUT2D eigenvalue weighted by Crippen LogP contribution is -2.56. The Kier molecular flexibility index (Phi) is 2.65. The summed E-state index contributed by atoms with van der Waals surface area (Å²) in [5.74, 6) is 0.262. The van der Waals surface area contributed by atoms with E-state index in [4.69, 9.17) is 4.74 Å². The number of carbonyl (C=O) groups excluding carboxylic acids is 1. The van der Waals surface area contributed by atoms with Crippen LogP contribution in [-0.4, -0.2) is 51.5 Å². The van der Waals surface area contributed by atoms with E-state index in [0.717, 1.165) is 39.1 Å². The van der Waals surface area contributed by atoms with Crippen LogP contribution in [0.4, 0.5) is 0 Å². The van der Waals surface area contributed by atoms with Crippen LogP contribution < -0.4 is 0 Å². The zero-order valence-corrected chi connectivity index (χ0v) is 11.6. The maximum Gasteiger partial charge on any atom is 0.226 e. The number of nitrogens with zero attached hydrogens (tertiary/aromatic N) is 3. The molecule has 1 aromatic rings. The number of hydrogen-bond acceptors (Lipinski definition) is 5. The van der Waals surface area contributed by atoms with Gasteiger partial charge in [0, 0.05) is 44.1 Å². The predicted octanol–water partition coefficient (Wildman–Crippen LogP) is 1.07. The minimum atomic E-state index is -0.321. The zero-order valence-electron chi connectivity index (χ0n) is 10.7. The van der Waals surface area contributed by atoms with Crippen molar-refractivity contribution in [2.75, 3.05) is 19.7 Å². The monoisotopic (exact) mass is 279 g/mol. The molecule has 1 aromatic heterocycles. The van der Waals surface area contributed by atoms with E-state index in [1.807, 2.05) is 11.1 Å². The lowest BCUT2D eigenvalue weighted by molar-refractivity contribution is -0.180. The molecule has 0 N–H and O–H groups in total. The summed E-state index contributed by atoms with van der Waals surface area (Å²) in [5, 5.41) is 2.08. The van der Waals surface area contributed by atoms with Gasteiger partial charge in [-0.25, -0.2) is 4.37 Å². The van der Waals surface area contributed by atoms with Gasteiger partial charge in [-0.2, -0.15) is 0 Å². The van der Waals surface area contributed by atoms with Gasteiger partial charge in [0.05, 0.1) is 12.6 Å². The van der Waals surface area contributed by atoms with E-state index in [0.29, 0.717) is 6.42 Å². The first-order valence-electron chi connectivity index (χ1n) is 6.86. The summed E-state index contributed by atoms with van der Waals surface area (Å²) in [6.07, 6.45) is 4.44. The Morgan fingerprint density at radius 2 is 2.47 bits per heavy atom. The summed E-state index contributed by atoms with van der Waals surface area (Å²) in [6.45, 7) is 3.54. The van der Waals surface area contributed by atoms with E-state index in [1.54, 1.807) is 0 Å². The van der Waals surface area contributed by atoms with Crippen molar-refractivity contribution in [3.8, 4) is 0 Å². The number of ether oxygens (including phenoxy) is 1. The maximum atomic E-state index is 12.2. The van der Waals surface area contributed by atoms with Gasteiger partial charge < -0.3 is 9.64 Å². The van der Waals surface area contributed by atoms with Gasteiger partial charge in [-0.15, -0.1) is 0 Å². The lowest BCUT2D eigenvalue weighted by atomic mass is 10.0. The molecule has 0 saturated carbocycles. The Hall–Kier alpha value is -0.980. The van der Waals surface area contributed by atoms with Crippen molar-refractivity contribution in [2.24, 2.45) is 0 Å². The Labute approximate surface area is 116 Å². The summed E-state index contributed by atoms with van der Waals surface area (Å²) in [6, 6.07) is 0.222. The van der Waals surface area contributed by atoms with E-state index in [9.17, 15) is 4.79 Å². The fourth-order valence-electron chi connectivity index (χ4n) is 3.76. The molecule has 3 aliphatic heterocycles. The molecule has 3 saturated heterocycles. The highest BCUT2D eigenvalue weighted by molar-refractivity contribution is 7.03. The maximum absolute atomic E-state index is 12.2. The molecule has 0 bridgehead atoms. The van der Waals surface area contributed by atoms with E-state index in [1.165, 1.54) is 17.1 Å². The number of amides is 1. The summed E-state index contributed by atoms with van der Waals surface area (Å²) in [7, 11) is 0. The van der Waals surface area contributed by atoms with E-state index in [2.05, 4.69) is 14.7 Å². The molecule has 6 heteroatoms. The number of hydrogen-bond donors (Lipinski definition) is 0. The van der Waals surface area contributed by atoms with Crippen LogP contribution in [0.5, 0.6) is 0 Å². The Balaban J connectivity index is 1.60. The van der Waals surface area contributed by atoms with Gasteiger partial charge in [0.25, 0.3) is 0 Å². The zero-order chi connectivity index (χ0) is 12.9. The van der Waals surface area contributed by atoms with Crippen LogP contribution in [-0.2, 0) is 16.1 Å². The molecular formula is C13H17N3O2S. The van der Waals surface area contributed by atoms with Crippen LogP contribution in [0.1, 0.15) is 24.8 Å². The normalized spacial score (nSPS) is 34.6. The molecule has 0 radical (unpaired) electrons. The highest BCUT2D eigenvalue weighted by Gasteiger charge is 2.60. The molecule has 4 rings (SSSR count). The molecule has 2 atom stereocenters. The SMILES string of the molecule is O=C1C[C@H]2N(Cc3cnsc3)CC[C@]23OCCCN13. The lowest BCUT2D eigenvalue weighted by Gasteiger charge is -2.42. The molecule has 0 unspecified atom stereocenters. The first-order chi connectivity index (χ1) is 9.29. The Morgan fingerprint density at radius 3 is 3.32 bits per heavy atom. The highest BCUT2D eigenvalue weighted by Crippen LogP contribution is 2.45. The van der Waals surface area contributed by atoms with Gasteiger partial charge in [-0.3, -0.25) is 9.69 Å². The second-order valence-electron chi connectivity index (χ2n) is 5.57. The van der Waals surface area contributed by atoms with Crippen molar-refractivity contribution < 1.29 is 9.53 Å². The molecule has 102 valence electrons. The summed E-state index contributed by atoms with van der Waals surface area (Å²) >= 11 is 1.48. The van der Waals surface area contributed by atoms with Crippen molar-refractivity contribution in [3.63, 3.8) is 0 Å². The van der Waals surface area contributed by atoms with Gasteiger partial charge in [0.2, 0.25) is 5.91 Å². The van der Waals surface area contributed by atoms with Gasteiger partial charge in [-0.1, -0.05) is 0 Å². The fourth-order valence-corrected chi connectivity index (χ4v) is 4.29. The van der Waals surface area contributed by atoms with Crippen LogP contribution >= 0.6 is 11.5 Å². The van der Waals surface area contributed by atoms with Crippen LogP contribution in [0.2, 0.25) is 0 Å². The molecule has 1 amide bonds. The number of rotatable bonds is 2. The molecule has 4 heterocycles. The van der Waals surface area contributed by atoms with E-state index >= 15 is 0 Å². The van der Waals surface area contributed by atoms with Gasteiger partial charge in [0.1, 0.15) is 0 Å². The topological polar surface area (TPSA) is 45.7 Å². The third-order valence-electron chi connectivity index (χ3n) is 4.59. The molecule has 3 aliphatic rings. The average Bonchev–Trinajstić information content (AvgIpc) is 3.08. The van der Waals surface area contributed by atoms with E-state index < -0.39 is 0 Å². The van der Waals surface area contributed by atoms with Crippen molar-refractivity contribution in [1.29, 1.82) is 0 Å². The standard InChI is InChI=1S/C13H17N3O2S/c17-12-6-11-13(16(12)3-1-5-18-13)2-4-15(11)8-10-7-14-19-9-10/h7,9,11H,1-6,8H2/t11-,13+/m1/s1. The van der Waals surface area contributed by atoms with Crippen LogP contribution in [0.3, 0.4) is 0 Å². The molecule has 5 nitrogen and oxygen atoms in total. The minimum Gasteiger partial charge on any atom is -0.354 e. The van der Waals surface area contributed by atoms with Crippen LogP contribution in [0, 0.1) is 0 Å². The Morgan fingerprint density at radius 1 is 1.53 bits per heavy atom. The highest BCUT2D eigenvalue weighted by atomic mass is 32.1. The molecular weight excluding hydrogens is 262 g/mol. The third-order valence-corrected chi connectivity index (χ3v) is 5.23. The average molecular weight is 279 g/mol. The fraction of sp³-hybridized carbons (Fsp3) is 0.692. The Bertz CT molecular complexity index is 492. The summed E-state index contributed by atoms with van der Waals surface area (Å²) < 4.78 is 10.2. The first-order valence-corrected chi connectivity index (χ1v) is 7.70. The predicted molar refractivity (Wildman–Crippen MR) is 70.6 cm³/mol. The smallest absolute Gasteiger partial charge is 0.226 e. The second-order valence-corrected chi connectivity index (χ2v) is 6.22. The van der Waals surface area contributed by atoms with Crippen LogP contribution in [0.15, 0.2) is 11.6 Å². The van der Waals surface area contributed by atoms with Crippen molar-refractivity contribution in [2.45, 2.75) is 37.6 Å². The molecule has 0 aliphatic carbocycles. The molecule has 3 fully saturated rings. The van der Waals surface area contributed by atoms with E-state index in [-0.39, 0.29) is 17.7 Å². The first kappa shape index (κ1) is 11.8. The molecule has 0 aromatic carbocycles. The van der Waals surface area contributed by atoms with Crippen molar-refractivity contribution in [3.05, 3.63) is 17.1 Å². The largest absolute Gasteiger partial charge is 0.354 e. The number of carbonyl (C=O) groups is 1. The summed E-state index contributed by atoms with van der Waals surface area (Å²) in [5.41, 5.74) is 0.919. The van der Waals surface area contributed by atoms with Gasteiger partial charge >= 0.3 is 0 Å². The van der Waals surface area contributed by atoms with Gasteiger partial charge in [-0.05, 0) is 23.5 Å². The van der Waals surface area contributed by atoms with Crippen LogP contribution in [0.25, 0.3) is 0 Å². The number of aromatic nitrogens is 1. The molecule has 19 heavy (non-hydrogen) atoms. The number of likely N-dealkylation sites (tertiary alicyclic amines) is 1. The third kappa shape index (κ3) is 1.67. The van der Waals surface area contributed by atoms with Crippen molar-refractivity contribution >= 4 is 17.4 Å².